The molecule has 29 heavy (non-hydrogen) atoms. The van der Waals surface area contributed by atoms with Crippen molar-refractivity contribution in [1.82, 2.24) is 19.7 Å². The van der Waals surface area contributed by atoms with Gasteiger partial charge in [-0.15, -0.1) is 21.5 Å². The molecule has 2 aromatic heterocycles. The minimum absolute atomic E-state index is 0.198. The number of carbonyl (C=O) groups excluding carboxylic acids is 1. The Labute approximate surface area is 180 Å². The van der Waals surface area contributed by atoms with E-state index in [-0.39, 0.29) is 11.7 Å². The van der Waals surface area contributed by atoms with Crippen LogP contribution in [0.5, 0.6) is 0 Å². The van der Waals surface area contributed by atoms with Crippen molar-refractivity contribution in [2.75, 3.05) is 12.4 Å². The predicted molar refractivity (Wildman–Crippen MR) is 118 cm³/mol. The highest BCUT2D eigenvalue weighted by Crippen LogP contribution is 2.32. The van der Waals surface area contributed by atoms with Crippen LogP contribution in [-0.4, -0.2) is 38.1 Å². The van der Waals surface area contributed by atoms with E-state index in [1.165, 1.54) is 16.5 Å². The van der Waals surface area contributed by atoms with Crippen molar-refractivity contribution in [3.63, 3.8) is 0 Å². The lowest BCUT2D eigenvalue weighted by molar-refractivity contribution is -0.139. The van der Waals surface area contributed by atoms with Gasteiger partial charge >= 0.3 is 5.97 Å². The molecule has 0 aliphatic carbocycles. The average molecular weight is 443 g/mol. The monoisotopic (exact) mass is 442 g/mol. The summed E-state index contributed by atoms with van der Waals surface area (Å²) < 4.78 is 9.18. The van der Waals surface area contributed by atoms with Gasteiger partial charge in [-0.05, 0) is 31.2 Å². The Morgan fingerprint density at radius 1 is 1.07 bits per heavy atom. The maximum Gasteiger partial charge on any atom is 0.316 e. The number of hydrogen-bond donors (Lipinski definition) is 0. The van der Waals surface area contributed by atoms with Gasteiger partial charge in [0.2, 0.25) is 0 Å². The Morgan fingerprint density at radius 3 is 2.66 bits per heavy atom. The Kier molecular flexibility index (Phi) is 6.48. The molecule has 148 valence electrons. The molecule has 4 aromatic rings. The van der Waals surface area contributed by atoms with E-state index in [1.54, 1.807) is 30.0 Å². The summed E-state index contributed by atoms with van der Waals surface area (Å²) >= 11 is 4.64. The number of ether oxygens (including phenoxy) is 1. The lowest BCUT2D eigenvalue weighted by Crippen LogP contribution is -2.08. The molecule has 0 N–H and O–H groups in total. The van der Waals surface area contributed by atoms with Crippen molar-refractivity contribution in [3.05, 3.63) is 60.4 Å². The third-order valence-electron chi connectivity index (χ3n) is 3.94. The number of fused-ring (bicyclic) bond motifs is 1. The highest BCUT2D eigenvalue weighted by molar-refractivity contribution is 8.00. The van der Waals surface area contributed by atoms with E-state index in [2.05, 4.69) is 21.2 Å². The van der Waals surface area contributed by atoms with Gasteiger partial charge in [0.15, 0.2) is 9.50 Å². The number of esters is 1. The first kappa shape index (κ1) is 19.9. The number of nitrogens with zero attached hydrogens (tertiary/aromatic N) is 4. The molecule has 2 aromatic carbocycles. The zero-order valence-corrected chi connectivity index (χ0v) is 18.1. The Balaban J connectivity index is 1.56. The minimum atomic E-state index is -0.259. The molecule has 0 saturated carbocycles. The fourth-order valence-corrected chi connectivity index (χ4v) is 5.44. The first-order valence-corrected chi connectivity index (χ1v) is 11.8. The Morgan fingerprint density at radius 2 is 1.86 bits per heavy atom. The second-order valence-corrected chi connectivity index (χ2v) is 9.10. The molecule has 0 saturated heterocycles. The van der Waals surface area contributed by atoms with Crippen molar-refractivity contribution >= 4 is 51.0 Å². The van der Waals surface area contributed by atoms with E-state index in [4.69, 9.17) is 4.74 Å². The van der Waals surface area contributed by atoms with Crippen molar-refractivity contribution in [1.29, 1.82) is 0 Å². The fourth-order valence-electron chi connectivity index (χ4n) is 2.69. The van der Waals surface area contributed by atoms with Gasteiger partial charge in [0, 0.05) is 5.69 Å². The number of aromatic nitrogens is 4. The van der Waals surface area contributed by atoms with Gasteiger partial charge in [0.25, 0.3) is 0 Å². The van der Waals surface area contributed by atoms with Crippen LogP contribution in [0.2, 0.25) is 0 Å². The number of carbonyl (C=O) groups is 1. The molecule has 2 heterocycles. The van der Waals surface area contributed by atoms with E-state index in [1.807, 2.05) is 53.1 Å². The number of rotatable bonds is 8. The summed E-state index contributed by atoms with van der Waals surface area (Å²) in [5, 5.41) is 9.37. The van der Waals surface area contributed by atoms with Crippen LogP contribution in [0, 0.1) is 0 Å². The summed E-state index contributed by atoms with van der Waals surface area (Å²) in [5.41, 5.74) is 1.97. The van der Waals surface area contributed by atoms with E-state index < -0.39 is 0 Å². The van der Waals surface area contributed by atoms with Crippen LogP contribution in [0.1, 0.15) is 12.7 Å². The first-order chi connectivity index (χ1) is 14.2. The van der Waals surface area contributed by atoms with Crippen LogP contribution in [0.4, 0.5) is 0 Å². The largest absolute Gasteiger partial charge is 0.465 e. The number of thiazole rings is 1. The molecule has 0 aliphatic heterocycles. The van der Waals surface area contributed by atoms with Crippen molar-refractivity contribution < 1.29 is 9.53 Å². The molecule has 0 spiro atoms. The smallest absolute Gasteiger partial charge is 0.316 e. The zero-order valence-electron chi connectivity index (χ0n) is 15.6. The van der Waals surface area contributed by atoms with Gasteiger partial charge in [0.05, 0.1) is 28.3 Å². The third-order valence-corrected chi connectivity index (χ3v) is 7.02. The first-order valence-electron chi connectivity index (χ1n) is 9.01. The highest BCUT2D eigenvalue weighted by Gasteiger charge is 2.17. The molecule has 0 bridgehead atoms. The molecule has 0 amide bonds. The normalized spacial score (nSPS) is 11.1. The second kappa shape index (κ2) is 9.43. The van der Waals surface area contributed by atoms with Crippen LogP contribution < -0.4 is 0 Å². The molecule has 0 atom stereocenters. The van der Waals surface area contributed by atoms with E-state index in [9.17, 15) is 4.79 Å². The average Bonchev–Trinajstić information content (AvgIpc) is 3.35. The fraction of sp³-hybridized carbons (Fsp3) is 0.200. The van der Waals surface area contributed by atoms with Crippen LogP contribution in [0.3, 0.4) is 0 Å². The molecular weight excluding hydrogens is 424 g/mol. The Bertz CT molecular complexity index is 1080. The number of thioether (sulfide) groups is 2. The number of hydrogen-bond acceptors (Lipinski definition) is 8. The summed E-state index contributed by atoms with van der Waals surface area (Å²) in [6.07, 6.45) is 0. The van der Waals surface area contributed by atoms with Crippen molar-refractivity contribution in [2.45, 2.75) is 22.2 Å². The highest BCUT2D eigenvalue weighted by atomic mass is 32.2. The maximum absolute atomic E-state index is 11.8. The summed E-state index contributed by atoms with van der Waals surface area (Å²) in [4.78, 5) is 16.4. The van der Waals surface area contributed by atoms with Gasteiger partial charge < -0.3 is 4.74 Å². The lowest BCUT2D eigenvalue weighted by atomic mass is 10.3. The van der Waals surface area contributed by atoms with Gasteiger partial charge in [-0.1, -0.05) is 53.9 Å². The SMILES string of the molecule is CCOC(=O)CSc1nnc(CSc2nc3ccccc3s2)n1-c1ccccc1. The minimum Gasteiger partial charge on any atom is -0.465 e. The van der Waals surface area contributed by atoms with E-state index in [0.717, 1.165) is 21.4 Å². The number of para-hydroxylation sites is 2. The predicted octanol–water partition coefficient (Wildman–Crippen LogP) is 4.82. The molecule has 0 unspecified atom stereocenters. The van der Waals surface area contributed by atoms with Gasteiger partial charge in [0.1, 0.15) is 5.82 Å². The molecule has 0 fully saturated rings. The summed E-state index contributed by atoms with van der Waals surface area (Å²) in [6.45, 7) is 2.17. The summed E-state index contributed by atoms with van der Waals surface area (Å²) in [5.74, 6) is 1.38. The van der Waals surface area contributed by atoms with E-state index in [0.29, 0.717) is 17.5 Å². The van der Waals surface area contributed by atoms with Crippen molar-refractivity contribution in [2.24, 2.45) is 0 Å². The molecular formula is C20H18N4O2S3. The molecule has 6 nitrogen and oxygen atoms in total. The van der Waals surface area contributed by atoms with Crippen molar-refractivity contribution in [3.8, 4) is 5.69 Å². The van der Waals surface area contributed by atoms with Gasteiger partial charge in [-0.25, -0.2) is 4.98 Å². The van der Waals surface area contributed by atoms with Gasteiger partial charge in [-0.2, -0.15) is 0 Å². The van der Waals surface area contributed by atoms with E-state index >= 15 is 0 Å². The maximum atomic E-state index is 11.8. The quantitative estimate of drug-likeness (QED) is 0.286. The summed E-state index contributed by atoms with van der Waals surface area (Å²) in [7, 11) is 0. The van der Waals surface area contributed by atoms with Crippen LogP contribution in [0.25, 0.3) is 15.9 Å². The third kappa shape index (κ3) is 4.80. The van der Waals surface area contributed by atoms with Crippen LogP contribution >= 0.6 is 34.9 Å². The van der Waals surface area contributed by atoms with Crippen LogP contribution in [-0.2, 0) is 15.3 Å². The van der Waals surface area contributed by atoms with Gasteiger partial charge in [-0.3, -0.25) is 9.36 Å². The molecule has 0 aliphatic rings. The molecule has 9 heteroatoms. The lowest BCUT2D eigenvalue weighted by Gasteiger charge is -2.09. The second-order valence-electron chi connectivity index (χ2n) is 5.90. The number of benzene rings is 2. The standard InChI is InChI=1S/C20H18N4O2S3/c1-2-26-18(25)13-27-19-23-22-17(24(19)14-8-4-3-5-9-14)12-28-20-21-15-10-6-7-11-16(15)29-20/h3-11H,2,12-13H2,1H3. The molecule has 0 radical (unpaired) electrons. The topological polar surface area (TPSA) is 69.9 Å². The van der Waals surface area contributed by atoms with Crippen LogP contribution in [0.15, 0.2) is 64.1 Å². The summed E-state index contributed by atoms with van der Waals surface area (Å²) in [6, 6.07) is 18.0. The Hall–Kier alpha value is -2.36. The zero-order chi connectivity index (χ0) is 20.1. The molecule has 4 rings (SSSR count).